The van der Waals surface area contributed by atoms with E-state index < -0.39 is 11.7 Å². The predicted octanol–water partition coefficient (Wildman–Crippen LogP) is 3.48. The molecule has 2 aromatic heterocycles. The van der Waals surface area contributed by atoms with Crippen LogP contribution in [0, 0.1) is 0 Å². The minimum atomic E-state index is -1.01. The predicted molar refractivity (Wildman–Crippen MR) is 102 cm³/mol. The minimum Gasteiger partial charge on any atom is -0.508 e. The second-order valence-corrected chi connectivity index (χ2v) is 6.30. The Labute approximate surface area is 163 Å². The Bertz CT molecular complexity index is 1160. The van der Waals surface area contributed by atoms with Crippen molar-refractivity contribution in [2.75, 3.05) is 12.8 Å². The largest absolute Gasteiger partial charge is 0.508 e. The summed E-state index contributed by atoms with van der Waals surface area (Å²) in [4.78, 5) is 4.18. The number of methoxy groups -OCH3 is 1. The van der Waals surface area contributed by atoms with E-state index in [0.29, 0.717) is 28.9 Å². The highest BCUT2D eigenvalue weighted by Gasteiger charge is 2.24. The van der Waals surface area contributed by atoms with Crippen molar-refractivity contribution >= 4 is 11.5 Å². The van der Waals surface area contributed by atoms with Gasteiger partial charge in [0.25, 0.3) is 0 Å². The van der Waals surface area contributed by atoms with E-state index in [0.717, 1.165) is 4.68 Å². The number of aromatic hydroxyl groups is 1. The third-order valence-corrected chi connectivity index (χ3v) is 4.52. The van der Waals surface area contributed by atoms with E-state index in [9.17, 15) is 13.9 Å². The third kappa shape index (κ3) is 3.28. The first kappa shape index (κ1) is 18.5. The number of nitrogen functional groups attached to an aromatic ring is 1. The smallest absolute Gasteiger partial charge is 0.190 e. The standard InChI is InChI=1S/C19H16F2N6O2/c1-29-16-8-11(28)5-6-12(16)10-7-13(18(22)23-9-10)19-24-25-26-27(19)15-4-2-3-14(20)17(15)21/h4-9,28H,2-3H2,1H3,(H2,22,23). The first-order chi connectivity index (χ1) is 14.0. The van der Waals surface area contributed by atoms with Crippen LogP contribution in [-0.4, -0.2) is 37.4 Å². The van der Waals surface area contributed by atoms with Gasteiger partial charge < -0.3 is 15.6 Å². The van der Waals surface area contributed by atoms with Crippen molar-refractivity contribution in [1.82, 2.24) is 25.2 Å². The maximum atomic E-state index is 14.3. The normalized spacial score (nSPS) is 14.1. The van der Waals surface area contributed by atoms with Crippen molar-refractivity contribution in [2.45, 2.75) is 12.8 Å². The molecule has 0 saturated carbocycles. The lowest BCUT2D eigenvalue weighted by molar-refractivity contribution is 0.409. The lowest BCUT2D eigenvalue weighted by atomic mass is 10.0. The van der Waals surface area contributed by atoms with Crippen LogP contribution in [0.5, 0.6) is 11.5 Å². The van der Waals surface area contributed by atoms with Crippen LogP contribution in [0.15, 0.2) is 48.2 Å². The molecule has 0 aliphatic heterocycles. The third-order valence-electron chi connectivity index (χ3n) is 4.52. The van der Waals surface area contributed by atoms with Crippen LogP contribution in [0.3, 0.4) is 0 Å². The number of tetrazole rings is 1. The number of hydrogen-bond acceptors (Lipinski definition) is 7. The number of anilines is 1. The van der Waals surface area contributed by atoms with Gasteiger partial charge in [0, 0.05) is 29.8 Å². The van der Waals surface area contributed by atoms with Crippen LogP contribution in [0.4, 0.5) is 14.6 Å². The van der Waals surface area contributed by atoms with Gasteiger partial charge in [-0.1, -0.05) is 6.08 Å². The van der Waals surface area contributed by atoms with E-state index >= 15 is 0 Å². The number of aromatic nitrogens is 5. The number of nitrogens with two attached hydrogens (primary N) is 1. The van der Waals surface area contributed by atoms with Crippen LogP contribution in [-0.2, 0) is 0 Å². The Morgan fingerprint density at radius 2 is 2.03 bits per heavy atom. The molecule has 2 heterocycles. The molecule has 0 fully saturated rings. The second kappa shape index (κ2) is 7.30. The zero-order valence-electron chi connectivity index (χ0n) is 15.3. The summed E-state index contributed by atoms with van der Waals surface area (Å²) < 4.78 is 34.5. The van der Waals surface area contributed by atoms with Gasteiger partial charge in [-0.25, -0.2) is 13.8 Å². The molecule has 1 aliphatic rings. The molecule has 1 aliphatic carbocycles. The van der Waals surface area contributed by atoms with Gasteiger partial charge in [0.2, 0.25) is 0 Å². The molecule has 3 N–H and O–H groups in total. The molecule has 0 amide bonds. The van der Waals surface area contributed by atoms with Crippen molar-refractivity contribution in [3.05, 3.63) is 48.2 Å². The van der Waals surface area contributed by atoms with E-state index in [1.54, 1.807) is 12.1 Å². The zero-order chi connectivity index (χ0) is 20.5. The van der Waals surface area contributed by atoms with E-state index in [1.165, 1.54) is 31.5 Å². The lowest BCUT2D eigenvalue weighted by Crippen LogP contribution is -2.08. The summed E-state index contributed by atoms with van der Waals surface area (Å²) in [6, 6.07) is 6.30. The maximum Gasteiger partial charge on any atom is 0.190 e. The number of pyridine rings is 1. The molecule has 0 spiro atoms. The fourth-order valence-corrected chi connectivity index (χ4v) is 3.09. The minimum absolute atomic E-state index is 0.00732. The summed E-state index contributed by atoms with van der Waals surface area (Å²) in [5, 5.41) is 21.0. The van der Waals surface area contributed by atoms with Crippen molar-refractivity contribution in [3.63, 3.8) is 0 Å². The molecule has 0 atom stereocenters. The summed E-state index contributed by atoms with van der Waals surface area (Å²) >= 11 is 0. The van der Waals surface area contributed by atoms with Gasteiger partial charge in [0.05, 0.1) is 12.7 Å². The van der Waals surface area contributed by atoms with Gasteiger partial charge in [-0.3, -0.25) is 0 Å². The van der Waals surface area contributed by atoms with Gasteiger partial charge in [-0.05, 0) is 35.0 Å². The van der Waals surface area contributed by atoms with Crippen molar-refractivity contribution in [2.24, 2.45) is 0 Å². The summed E-state index contributed by atoms with van der Waals surface area (Å²) in [5.41, 5.74) is 7.53. The first-order valence-electron chi connectivity index (χ1n) is 8.66. The Hall–Kier alpha value is -3.82. The number of phenols is 1. The Kier molecular flexibility index (Phi) is 4.67. The summed E-state index contributed by atoms with van der Waals surface area (Å²) in [5.74, 6) is -1.15. The van der Waals surface area contributed by atoms with Crippen LogP contribution < -0.4 is 10.5 Å². The van der Waals surface area contributed by atoms with Gasteiger partial charge >= 0.3 is 0 Å². The number of benzene rings is 1. The van der Waals surface area contributed by atoms with Gasteiger partial charge in [0.1, 0.15) is 28.8 Å². The molecule has 3 aromatic rings. The molecular formula is C19H16F2N6O2. The van der Waals surface area contributed by atoms with Crippen LogP contribution in [0.25, 0.3) is 28.2 Å². The van der Waals surface area contributed by atoms with Gasteiger partial charge in [-0.2, -0.15) is 4.68 Å². The van der Waals surface area contributed by atoms with E-state index in [1.807, 2.05) is 0 Å². The lowest BCUT2D eigenvalue weighted by Gasteiger charge is -2.14. The highest BCUT2D eigenvalue weighted by Crippen LogP contribution is 2.37. The summed E-state index contributed by atoms with van der Waals surface area (Å²) in [6.07, 6.45) is 3.37. The average molecular weight is 398 g/mol. The molecule has 4 rings (SSSR count). The van der Waals surface area contributed by atoms with Crippen molar-refractivity contribution in [3.8, 4) is 34.0 Å². The highest BCUT2D eigenvalue weighted by molar-refractivity contribution is 5.80. The molecule has 0 radical (unpaired) electrons. The van der Waals surface area contributed by atoms with Gasteiger partial charge in [-0.15, -0.1) is 5.10 Å². The summed E-state index contributed by atoms with van der Waals surface area (Å²) in [7, 11) is 1.48. The Balaban J connectivity index is 1.84. The fraction of sp³-hybridized carbons (Fsp3) is 0.158. The monoisotopic (exact) mass is 398 g/mol. The van der Waals surface area contributed by atoms with Crippen LogP contribution in [0.2, 0.25) is 0 Å². The SMILES string of the molecule is COc1cc(O)ccc1-c1cnc(N)c(-c2nnnn2C2=CCCC(F)=C2F)c1. The molecule has 0 unspecified atom stereocenters. The molecular weight excluding hydrogens is 382 g/mol. The van der Waals surface area contributed by atoms with Crippen molar-refractivity contribution in [1.29, 1.82) is 0 Å². The van der Waals surface area contributed by atoms with E-state index in [-0.39, 0.29) is 29.5 Å². The van der Waals surface area contributed by atoms with Crippen molar-refractivity contribution < 1.29 is 18.6 Å². The number of rotatable bonds is 4. The maximum absolute atomic E-state index is 14.3. The average Bonchev–Trinajstić information content (AvgIpc) is 3.20. The number of allylic oxidation sites excluding steroid dienone is 4. The molecule has 148 valence electrons. The Morgan fingerprint density at radius 1 is 1.21 bits per heavy atom. The fourth-order valence-electron chi connectivity index (χ4n) is 3.09. The number of phenolic OH excluding ortho intramolecular Hbond substituents is 1. The molecule has 0 bridgehead atoms. The molecule has 29 heavy (non-hydrogen) atoms. The number of hydrogen-bond donors (Lipinski definition) is 2. The first-order valence-corrected chi connectivity index (χ1v) is 8.66. The highest BCUT2D eigenvalue weighted by atomic mass is 19.2. The number of halogens is 2. The van der Waals surface area contributed by atoms with Crippen LogP contribution >= 0.6 is 0 Å². The zero-order valence-corrected chi connectivity index (χ0v) is 15.3. The number of nitrogens with zero attached hydrogens (tertiary/aromatic N) is 5. The summed E-state index contributed by atoms with van der Waals surface area (Å²) in [6.45, 7) is 0. The van der Waals surface area contributed by atoms with Crippen LogP contribution in [0.1, 0.15) is 12.8 Å². The molecule has 0 saturated heterocycles. The van der Waals surface area contributed by atoms with Gasteiger partial charge in [0.15, 0.2) is 11.7 Å². The molecule has 1 aromatic carbocycles. The topological polar surface area (TPSA) is 112 Å². The van der Waals surface area contributed by atoms with E-state index in [2.05, 4.69) is 20.5 Å². The molecule has 8 nitrogen and oxygen atoms in total. The second-order valence-electron chi connectivity index (χ2n) is 6.30. The molecule has 10 heteroatoms. The quantitative estimate of drug-likeness (QED) is 0.692. The number of ether oxygens (including phenoxy) is 1. The Morgan fingerprint density at radius 3 is 2.83 bits per heavy atom. The van der Waals surface area contributed by atoms with E-state index in [4.69, 9.17) is 10.5 Å².